The van der Waals surface area contributed by atoms with Crippen molar-refractivity contribution in [1.82, 2.24) is 20.1 Å². The third-order valence-electron chi connectivity index (χ3n) is 4.07. The van der Waals surface area contributed by atoms with E-state index < -0.39 is 0 Å². The summed E-state index contributed by atoms with van der Waals surface area (Å²) in [6.07, 6.45) is 6.58. The van der Waals surface area contributed by atoms with E-state index in [-0.39, 0.29) is 12.1 Å². The predicted octanol–water partition coefficient (Wildman–Crippen LogP) is 1.44. The van der Waals surface area contributed by atoms with E-state index in [9.17, 15) is 5.11 Å². The van der Waals surface area contributed by atoms with Gasteiger partial charge in [-0.15, -0.1) is 0 Å². The lowest BCUT2D eigenvalue weighted by atomic mass is 9.64. The molecule has 2 atom stereocenters. The summed E-state index contributed by atoms with van der Waals surface area (Å²) in [4.78, 5) is 3.93. The molecule has 1 heterocycles. The van der Waals surface area contributed by atoms with Gasteiger partial charge in [0, 0.05) is 12.1 Å². The van der Waals surface area contributed by atoms with Gasteiger partial charge in [-0.05, 0) is 30.6 Å². The Labute approximate surface area is 115 Å². The number of hydrogen-bond donors (Lipinski definition) is 2. The second-order valence-electron chi connectivity index (χ2n) is 6.88. The Hall–Kier alpha value is -0.940. The molecular formula is C14H26N4O. The second kappa shape index (κ2) is 5.59. The van der Waals surface area contributed by atoms with Crippen molar-refractivity contribution in [2.24, 2.45) is 11.3 Å². The van der Waals surface area contributed by atoms with Gasteiger partial charge < -0.3 is 10.4 Å². The van der Waals surface area contributed by atoms with Gasteiger partial charge in [0.2, 0.25) is 0 Å². The van der Waals surface area contributed by atoms with E-state index >= 15 is 0 Å². The number of aliphatic hydroxyl groups is 1. The van der Waals surface area contributed by atoms with Gasteiger partial charge in [0.15, 0.2) is 0 Å². The Morgan fingerprint density at radius 3 is 2.79 bits per heavy atom. The number of rotatable bonds is 5. The lowest BCUT2D eigenvalue weighted by Crippen LogP contribution is -2.55. The third-order valence-corrected chi connectivity index (χ3v) is 4.07. The Bertz CT molecular complexity index is 390. The van der Waals surface area contributed by atoms with Crippen LogP contribution in [0.15, 0.2) is 12.7 Å². The fraction of sp³-hybridized carbons (Fsp3) is 0.857. The van der Waals surface area contributed by atoms with Crippen LogP contribution < -0.4 is 5.32 Å². The normalized spacial score (nSPS) is 30.4. The quantitative estimate of drug-likeness (QED) is 0.846. The van der Waals surface area contributed by atoms with E-state index in [0.29, 0.717) is 11.3 Å². The zero-order valence-electron chi connectivity index (χ0n) is 12.3. The van der Waals surface area contributed by atoms with Gasteiger partial charge in [0.25, 0.3) is 0 Å². The monoisotopic (exact) mass is 266 g/mol. The molecule has 1 aromatic rings. The minimum Gasteiger partial charge on any atom is -0.394 e. The van der Waals surface area contributed by atoms with Crippen molar-refractivity contribution in [2.75, 3.05) is 13.2 Å². The molecule has 0 aliphatic heterocycles. The van der Waals surface area contributed by atoms with Crippen LogP contribution in [0.5, 0.6) is 0 Å². The summed E-state index contributed by atoms with van der Waals surface area (Å²) in [5.41, 5.74) is 0.155. The number of hydrogen-bond acceptors (Lipinski definition) is 4. The number of nitrogens with one attached hydrogen (secondary N) is 1. The van der Waals surface area contributed by atoms with Crippen LogP contribution in [0.4, 0.5) is 0 Å². The van der Waals surface area contributed by atoms with Crippen molar-refractivity contribution in [3.8, 4) is 0 Å². The van der Waals surface area contributed by atoms with Gasteiger partial charge in [-0.3, -0.25) is 4.68 Å². The fourth-order valence-corrected chi connectivity index (χ4v) is 3.84. The topological polar surface area (TPSA) is 63.0 Å². The van der Waals surface area contributed by atoms with Gasteiger partial charge in [-0.1, -0.05) is 20.8 Å². The first kappa shape index (κ1) is 14.5. The summed E-state index contributed by atoms with van der Waals surface area (Å²) >= 11 is 0. The highest BCUT2D eigenvalue weighted by atomic mass is 16.3. The summed E-state index contributed by atoms with van der Waals surface area (Å²) < 4.78 is 1.81. The summed E-state index contributed by atoms with van der Waals surface area (Å²) in [5.74, 6) is 0.648. The van der Waals surface area contributed by atoms with Crippen LogP contribution in [0.25, 0.3) is 0 Å². The molecular weight excluding hydrogens is 240 g/mol. The Kier molecular flexibility index (Phi) is 4.26. The molecule has 5 heteroatoms. The maximum atomic E-state index is 9.85. The summed E-state index contributed by atoms with van der Waals surface area (Å²) in [7, 11) is 0. The predicted molar refractivity (Wildman–Crippen MR) is 74.6 cm³/mol. The molecule has 0 aromatic carbocycles. The van der Waals surface area contributed by atoms with E-state index in [1.807, 2.05) is 4.68 Å². The first-order valence-corrected chi connectivity index (χ1v) is 7.13. The van der Waals surface area contributed by atoms with Gasteiger partial charge in [0.1, 0.15) is 12.7 Å². The van der Waals surface area contributed by atoms with Crippen molar-refractivity contribution in [1.29, 1.82) is 0 Å². The molecule has 0 radical (unpaired) electrons. The zero-order valence-corrected chi connectivity index (χ0v) is 12.3. The Balaban J connectivity index is 1.93. The van der Waals surface area contributed by atoms with Crippen LogP contribution in [0, 0.1) is 11.3 Å². The van der Waals surface area contributed by atoms with Crippen LogP contribution in [-0.4, -0.2) is 38.6 Å². The highest BCUT2D eigenvalue weighted by Gasteiger charge is 2.42. The molecule has 108 valence electrons. The van der Waals surface area contributed by atoms with Crippen LogP contribution in [0.3, 0.4) is 0 Å². The molecule has 0 spiro atoms. The molecule has 1 saturated carbocycles. The van der Waals surface area contributed by atoms with Gasteiger partial charge >= 0.3 is 0 Å². The lowest BCUT2D eigenvalue weighted by molar-refractivity contribution is 0.0359. The molecule has 1 fully saturated rings. The van der Waals surface area contributed by atoms with E-state index in [4.69, 9.17) is 0 Å². The average Bonchev–Trinajstić information content (AvgIpc) is 2.79. The number of aliphatic hydroxyl groups excluding tert-OH is 1. The second-order valence-corrected chi connectivity index (χ2v) is 6.88. The van der Waals surface area contributed by atoms with Gasteiger partial charge in [0.05, 0.1) is 13.2 Å². The van der Waals surface area contributed by atoms with Crippen molar-refractivity contribution in [2.45, 2.75) is 52.1 Å². The zero-order chi connectivity index (χ0) is 13.9. The first-order chi connectivity index (χ1) is 8.95. The number of nitrogens with zero attached hydrogens (tertiary/aromatic N) is 3. The minimum atomic E-state index is -0.137. The van der Waals surface area contributed by atoms with Gasteiger partial charge in [-0.2, -0.15) is 5.10 Å². The molecule has 5 nitrogen and oxygen atoms in total. The van der Waals surface area contributed by atoms with E-state index in [2.05, 4.69) is 36.2 Å². The Morgan fingerprint density at radius 1 is 1.42 bits per heavy atom. The SMILES string of the molecule is C[C@@H]1CC(C)(C)C[C@](CO)(NCCn2cncn2)C1. The summed E-state index contributed by atoms with van der Waals surface area (Å²) in [5, 5.41) is 17.5. The summed E-state index contributed by atoms with van der Waals surface area (Å²) in [6, 6.07) is 0. The van der Waals surface area contributed by atoms with Crippen molar-refractivity contribution in [3.63, 3.8) is 0 Å². The van der Waals surface area contributed by atoms with Crippen LogP contribution in [-0.2, 0) is 6.54 Å². The minimum absolute atomic E-state index is 0.137. The highest BCUT2D eigenvalue weighted by molar-refractivity contribution is 4.98. The third kappa shape index (κ3) is 3.76. The molecule has 0 amide bonds. The standard InChI is InChI=1S/C14H26N4O/c1-12-6-13(2,3)8-14(7-12,9-19)16-4-5-18-11-15-10-17-18/h10-12,16,19H,4-9H2,1-3H3/t12-,14-/m1/s1. The van der Waals surface area contributed by atoms with E-state index in [0.717, 1.165) is 25.9 Å². The molecule has 0 saturated heterocycles. The lowest BCUT2D eigenvalue weighted by Gasteiger charge is -2.47. The van der Waals surface area contributed by atoms with Crippen LogP contribution in [0.1, 0.15) is 40.0 Å². The maximum absolute atomic E-state index is 9.85. The molecule has 0 bridgehead atoms. The average molecular weight is 266 g/mol. The summed E-state index contributed by atoms with van der Waals surface area (Å²) in [6.45, 7) is 8.68. The Morgan fingerprint density at radius 2 is 2.21 bits per heavy atom. The molecule has 1 aromatic heterocycles. The maximum Gasteiger partial charge on any atom is 0.137 e. The van der Waals surface area contributed by atoms with Crippen molar-refractivity contribution >= 4 is 0 Å². The van der Waals surface area contributed by atoms with E-state index in [1.165, 1.54) is 6.42 Å². The molecule has 0 unspecified atom stereocenters. The fourth-order valence-electron chi connectivity index (χ4n) is 3.84. The highest BCUT2D eigenvalue weighted by Crippen LogP contribution is 2.43. The molecule has 2 N–H and O–H groups in total. The van der Waals surface area contributed by atoms with Crippen molar-refractivity contribution in [3.05, 3.63) is 12.7 Å². The molecule has 2 rings (SSSR count). The molecule has 1 aliphatic carbocycles. The number of aromatic nitrogens is 3. The first-order valence-electron chi connectivity index (χ1n) is 7.13. The van der Waals surface area contributed by atoms with Crippen molar-refractivity contribution < 1.29 is 5.11 Å². The molecule has 1 aliphatic rings. The smallest absolute Gasteiger partial charge is 0.137 e. The van der Waals surface area contributed by atoms with Gasteiger partial charge in [-0.25, -0.2) is 4.98 Å². The van der Waals surface area contributed by atoms with Crippen LogP contribution >= 0.6 is 0 Å². The van der Waals surface area contributed by atoms with E-state index in [1.54, 1.807) is 12.7 Å². The largest absolute Gasteiger partial charge is 0.394 e. The van der Waals surface area contributed by atoms with Crippen LogP contribution in [0.2, 0.25) is 0 Å². The molecule has 19 heavy (non-hydrogen) atoms.